The maximum atomic E-state index is 13.5. The zero-order valence-corrected chi connectivity index (χ0v) is 25.2. The van der Waals surface area contributed by atoms with Gasteiger partial charge in [-0.15, -0.1) is 0 Å². The smallest absolute Gasteiger partial charge is 0.340 e. The van der Waals surface area contributed by atoms with E-state index in [0.29, 0.717) is 18.3 Å². The third-order valence-corrected chi connectivity index (χ3v) is 12.7. The number of halogens is 1. The van der Waals surface area contributed by atoms with Gasteiger partial charge in [-0.2, -0.15) is 9.97 Å². The highest BCUT2D eigenvalue weighted by Crippen LogP contribution is 2.62. The number of aromatic nitrogens is 4. The number of carbonyl (C=O) groups is 1. The molecule has 5 fully saturated rings. The lowest BCUT2D eigenvalue weighted by atomic mass is 9.46. The molecule has 43 heavy (non-hydrogen) atoms. The lowest BCUT2D eigenvalue weighted by Gasteiger charge is -2.61. The quantitative estimate of drug-likeness (QED) is 0.130. The van der Waals surface area contributed by atoms with Crippen LogP contribution in [0.5, 0.6) is 0 Å². The third kappa shape index (κ3) is 6.03. The van der Waals surface area contributed by atoms with E-state index in [4.69, 9.17) is 36.4 Å². The highest BCUT2D eigenvalue weighted by atomic mass is 35.5. The number of nitrogens with one attached hydrogen (secondary N) is 1. The zero-order chi connectivity index (χ0) is 31.1. The summed E-state index contributed by atoms with van der Waals surface area (Å²) in [5.41, 5.74) is 5.28. The van der Waals surface area contributed by atoms with Crippen molar-refractivity contribution in [1.29, 1.82) is 0 Å². The Bertz CT molecular complexity index is 1520. The van der Waals surface area contributed by atoms with Crippen molar-refractivity contribution in [2.45, 2.75) is 74.7 Å². The molecule has 238 valence electrons. The fourth-order valence-electron chi connectivity index (χ4n) is 7.84. The van der Waals surface area contributed by atoms with Crippen molar-refractivity contribution >= 4 is 49.7 Å². The molecule has 20 heteroatoms. The Morgan fingerprint density at radius 2 is 1.86 bits per heavy atom. The van der Waals surface area contributed by atoms with Gasteiger partial charge in [-0.3, -0.25) is 18.5 Å². The van der Waals surface area contributed by atoms with Gasteiger partial charge in [0.25, 0.3) is 0 Å². The van der Waals surface area contributed by atoms with E-state index in [9.17, 15) is 34.1 Å². The highest BCUT2D eigenvalue weighted by Gasteiger charge is 2.60. The normalized spacial score (nSPS) is 37.5. The van der Waals surface area contributed by atoms with E-state index in [2.05, 4.69) is 20.3 Å². The Kier molecular flexibility index (Phi) is 7.85. The molecule has 0 spiro atoms. The van der Waals surface area contributed by atoms with Gasteiger partial charge in [-0.1, -0.05) is 0 Å². The topological polar surface area (TPSA) is 273 Å². The van der Waals surface area contributed by atoms with Gasteiger partial charge in [-0.25, -0.2) is 4.98 Å². The van der Waals surface area contributed by atoms with E-state index in [1.807, 2.05) is 0 Å². The number of ether oxygens (including phenoxy) is 1. The monoisotopic (exact) mass is 666 g/mol. The molecule has 5 aliphatic rings. The summed E-state index contributed by atoms with van der Waals surface area (Å²) < 4.78 is 34.7. The fourth-order valence-corrected chi connectivity index (χ4v) is 10.6. The molecule has 6 unspecified atom stereocenters. The predicted molar refractivity (Wildman–Crippen MR) is 148 cm³/mol. The zero-order valence-electron chi connectivity index (χ0n) is 22.6. The molecule has 3 heterocycles. The second-order valence-electron chi connectivity index (χ2n) is 12.5. The fraction of sp³-hybridized carbons (Fsp3) is 0.739. The van der Waals surface area contributed by atoms with Crippen LogP contribution in [0, 0.1) is 17.3 Å². The SMILES string of the molecule is NC(C(=O)Nc1nc(Cl)nc2c1ncn2[C@@H]1O[C@H](COP(=O)(O)CP(=O)(O)O)C(O)C1O)C12CC3C[C@H](C1)C[C@@](O)(C3)C2. The molecule has 1 amide bonds. The van der Waals surface area contributed by atoms with Crippen LogP contribution in [0.3, 0.4) is 0 Å². The maximum Gasteiger partial charge on any atom is 0.340 e. The first-order valence-corrected chi connectivity index (χ1v) is 17.6. The van der Waals surface area contributed by atoms with Crippen molar-refractivity contribution in [1.82, 2.24) is 19.5 Å². The number of amides is 1. The van der Waals surface area contributed by atoms with Gasteiger partial charge >= 0.3 is 15.2 Å². The maximum absolute atomic E-state index is 13.5. The molecule has 0 aromatic carbocycles. The number of hydrogen-bond acceptors (Lipinski definition) is 12. The lowest BCUT2D eigenvalue weighted by molar-refractivity contribution is -0.172. The van der Waals surface area contributed by atoms with E-state index in [1.54, 1.807) is 0 Å². The summed E-state index contributed by atoms with van der Waals surface area (Å²) in [6.07, 6.45) is -0.340. The Labute approximate surface area is 249 Å². The molecule has 4 aliphatic carbocycles. The van der Waals surface area contributed by atoms with Gasteiger partial charge in [0.05, 0.1) is 24.6 Å². The average molecular weight is 667 g/mol. The Balaban J connectivity index is 1.20. The van der Waals surface area contributed by atoms with Crippen molar-refractivity contribution in [3.05, 3.63) is 11.6 Å². The van der Waals surface area contributed by atoms with E-state index in [1.165, 1.54) is 10.9 Å². The number of carbonyl (C=O) groups excluding carboxylic acids is 1. The highest BCUT2D eigenvalue weighted by molar-refractivity contribution is 7.70. The van der Waals surface area contributed by atoms with Crippen LogP contribution in [-0.2, 0) is 23.2 Å². The van der Waals surface area contributed by atoms with Crippen molar-refractivity contribution < 1.29 is 53.2 Å². The predicted octanol–water partition coefficient (Wildman–Crippen LogP) is 0.0332. The van der Waals surface area contributed by atoms with E-state index in [0.717, 1.165) is 32.1 Å². The Hall–Kier alpha value is -1.59. The summed E-state index contributed by atoms with van der Waals surface area (Å²) in [7, 11) is -9.62. The largest absolute Gasteiger partial charge is 0.390 e. The molecule has 7 rings (SSSR count). The lowest BCUT2D eigenvalue weighted by Crippen LogP contribution is -2.63. The first-order valence-electron chi connectivity index (χ1n) is 13.7. The second-order valence-corrected chi connectivity index (χ2v) is 16.8. The minimum atomic E-state index is -4.88. The van der Waals surface area contributed by atoms with Gasteiger partial charge in [0.2, 0.25) is 11.2 Å². The van der Waals surface area contributed by atoms with E-state index in [-0.39, 0.29) is 22.3 Å². The number of imidazole rings is 1. The van der Waals surface area contributed by atoms with Crippen LogP contribution in [0.25, 0.3) is 11.2 Å². The molecule has 1 saturated heterocycles. The summed E-state index contributed by atoms with van der Waals surface area (Å²) >= 11 is 6.17. The van der Waals surface area contributed by atoms with Gasteiger partial charge in [0, 0.05) is 0 Å². The van der Waals surface area contributed by atoms with Crippen LogP contribution < -0.4 is 11.1 Å². The van der Waals surface area contributed by atoms with Crippen molar-refractivity contribution in [3.8, 4) is 0 Å². The summed E-state index contributed by atoms with van der Waals surface area (Å²) in [5, 5.41) is 34.7. The number of nitrogens with zero attached hydrogens (tertiary/aromatic N) is 4. The standard InChI is InChI=1S/C23H33ClN6O11P2/c24-21-28-17(27-19(33)16(25)22-2-10-1-11(3-22)5-23(34,4-10)7-22)13-18(29-21)30(8-26-13)20-15(32)14(31)12(41-20)6-40-43(38,39)9-42(35,36)37/h8,10-12,14-16,20,31-32,34H,1-7,9,25H2,(H,38,39)(H2,35,36,37)(H,27,28,29,33)/t10-,11?,12-,14?,15?,16?,20-,22?,23-/m1/s1. The van der Waals surface area contributed by atoms with Crippen molar-refractivity contribution in [3.63, 3.8) is 0 Å². The molecule has 4 bridgehead atoms. The number of aliphatic hydroxyl groups is 3. The number of aliphatic hydroxyl groups excluding tert-OH is 2. The average Bonchev–Trinajstić information content (AvgIpc) is 3.40. The van der Waals surface area contributed by atoms with Crippen LogP contribution >= 0.6 is 26.8 Å². The number of hydrogen-bond donors (Lipinski definition) is 8. The van der Waals surface area contributed by atoms with Crippen LogP contribution in [-0.4, -0.2) is 97.9 Å². The molecule has 10 atom stereocenters. The molecule has 0 radical (unpaired) electrons. The summed E-state index contributed by atoms with van der Waals surface area (Å²) in [6.45, 7) is -0.775. The minimum Gasteiger partial charge on any atom is -0.390 e. The minimum absolute atomic E-state index is 0.0140. The summed E-state index contributed by atoms with van der Waals surface area (Å²) in [4.78, 5) is 53.6. The molecule has 17 nitrogen and oxygen atoms in total. The molecule has 2 aromatic heterocycles. The molecule has 1 aliphatic heterocycles. The van der Waals surface area contributed by atoms with Crippen molar-refractivity contribution in [2.24, 2.45) is 23.0 Å². The van der Waals surface area contributed by atoms with Crippen LogP contribution in [0.15, 0.2) is 6.33 Å². The number of rotatable bonds is 9. The summed E-state index contributed by atoms with van der Waals surface area (Å²) in [6, 6.07) is -0.931. The number of nitrogens with two attached hydrogens (primary N) is 1. The van der Waals surface area contributed by atoms with Crippen LogP contribution in [0.1, 0.15) is 44.8 Å². The molecular formula is C23H33ClN6O11P2. The first kappa shape index (κ1) is 31.4. The van der Waals surface area contributed by atoms with Crippen molar-refractivity contribution in [2.75, 3.05) is 17.8 Å². The molecular weight excluding hydrogens is 634 g/mol. The molecule has 9 N–H and O–H groups in total. The van der Waals surface area contributed by atoms with E-state index >= 15 is 0 Å². The van der Waals surface area contributed by atoms with Gasteiger partial charge < -0.3 is 50.3 Å². The van der Waals surface area contributed by atoms with Gasteiger partial charge in [0.1, 0.15) is 18.3 Å². The molecule has 2 aromatic rings. The Morgan fingerprint density at radius 3 is 2.49 bits per heavy atom. The number of anilines is 1. The van der Waals surface area contributed by atoms with Crippen LogP contribution in [0.4, 0.5) is 5.82 Å². The second kappa shape index (κ2) is 10.7. The summed E-state index contributed by atoms with van der Waals surface area (Å²) in [5.74, 6) is -1.37. The van der Waals surface area contributed by atoms with Crippen LogP contribution in [0.2, 0.25) is 5.28 Å². The van der Waals surface area contributed by atoms with E-state index < -0.39 is 75.2 Å². The Morgan fingerprint density at radius 1 is 1.19 bits per heavy atom. The van der Waals surface area contributed by atoms with Gasteiger partial charge in [0.15, 0.2) is 29.1 Å². The molecule has 4 saturated carbocycles. The number of fused-ring (bicyclic) bond motifs is 1. The first-order chi connectivity index (χ1) is 20.0. The third-order valence-electron chi connectivity index (χ3n) is 9.07. The van der Waals surface area contributed by atoms with Gasteiger partial charge in [-0.05, 0) is 67.4 Å².